The number of ether oxygens (including phenoxy) is 5. The fourth-order valence-corrected chi connectivity index (χ4v) is 4.65. The zero-order chi connectivity index (χ0) is 51.3. The SMILES string of the molecule is COc1cc(/C=C/C(=O)O)ccc1O.COc1cc(C(=O)O)ccc1O.COc1cc(C=O)ccc1O.COc1cc(CO)ccc1O.COc1ccccc1O.O=C(O)c1ccc(O)c(O)c1. The molecule has 20 heteroatoms. The van der Waals surface area contributed by atoms with Crippen LogP contribution in [0.3, 0.4) is 0 Å². The van der Waals surface area contributed by atoms with Gasteiger partial charge >= 0.3 is 17.9 Å². The number of aliphatic hydroxyl groups is 1. The second kappa shape index (κ2) is 29.9. The minimum Gasteiger partial charge on any atom is -0.504 e. The Hall–Kier alpha value is -9.30. The van der Waals surface area contributed by atoms with Crippen molar-refractivity contribution in [2.45, 2.75) is 6.61 Å². The third-order valence-electron chi connectivity index (χ3n) is 8.12. The molecule has 0 saturated heterocycles. The van der Waals surface area contributed by atoms with Crippen LogP contribution in [0.4, 0.5) is 0 Å². The predicted molar refractivity (Wildman–Crippen MR) is 245 cm³/mol. The molecule has 0 fully saturated rings. The van der Waals surface area contributed by atoms with Crippen LogP contribution >= 0.6 is 0 Å². The molecule has 0 aromatic heterocycles. The van der Waals surface area contributed by atoms with E-state index in [4.69, 9.17) is 74.7 Å². The summed E-state index contributed by atoms with van der Waals surface area (Å²) < 4.78 is 24.0. The summed E-state index contributed by atoms with van der Waals surface area (Å²) in [5, 5.41) is 97.2. The summed E-state index contributed by atoms with van der Waals surface area (Å²) >= 11 is 0. The van der Waals surface area contributed by atoms with Crippen molar-refractivity contribution in [3.05, 3.63) is 149 Å². The highest BCUT2D eigenvalue weighted by Gasteiger charge is 2.08. The molecule has 6 rings (SSSR count). The average Bonchev–Trinajstić information content (AvgIpc) is 3.33. The van der Waals surface area contributed by atoms with Crippen LogP contribution < -0.4 is 23.7 Å². The van der Waals surface area contributed by atoms with E-state index >= 15 is 0 Å². The number of hydrogen-bond donors (Lipinski definition) is 11. The number of aldehydes is 1. The summed E-state index contributed by atoms with van der Waals surface area (Å²) in [7, 11) is 7.22. The number of phenolic OH excluding ortho intramolecular Hbond substituents is 7. The number of aromatic hydroxyl groups is 7. The Kier molecular flexibility index (Phi) is 25.0. The zero-order valence-electron chi connectivity index (χ0n) is 37.0. The minimum absolute atomic E-state index is 0.0278. The molecule has 20 nitrogen and oxygen atoms in total. The quantitative estimate of drug-likeness (QED) is 0.0357. The van der Waals surface area contributed by atoms with Gasteiger partial charge < -0.3 is 79.9 Å². The highest BCUT2D eigenvalue weighted by Crippen LogP contribution is 2.29. The Balaban J connectivity index is 0.000000410. The maximum Gasteiger partial charge on any atom is 0.335 e. The summed E-state index contributed by atoms with van der Waals surface area (Å²) in [6.07, 6.45) is 3.14. The predicted octanol–water partition coefficient (Wildman–Crippen LogP) is 6.90. The molecule has 0 radical (unpaired) electrons. The van der Waals surface area contributed by atoms with Crippen LogP contribution in [0.2, 0.25) is 0 Å². The molecule has 6 aromatic carbocycles. The number of methoxy groups -OCH3 is 5. The molecule has 0 heterocycles. The number of carbonyl (C=O) groups excluding carboxylic acids is 1. The van der Waals surface area contributed by atoms with Crippen molar-refractivity contribution in [1.29, 1.82) is 0 Å². The van der Waals surface area contributed by atoms with E-state index in [0.29, 0.717) is 40.4 Å². The third-order valence-corrected chi connectivity index (χ3v) is 8.12. The first-order chi connectivity index (χ1) is 32.3. The van der Waals surface area contributed by atoms with Crippen LogP contribution in [-0.4, -0.2) is 116 Å². The zero-order valence-corrected chi connectivity index (χ0v) is 37.0. The lowest BCUT2D eigenvalue weighted by Crippen LogP contribution is -1.96. The minimum atomic E-state index is -1.14. The smallest absolute Gasteiger partial charge is 0.335 e. The molecule has 0 unspecified atom stereocenters. The van der Waals surface area contributed by atoms with E-state index in [1.54, 1.807) is 48.5 Å². The van der Waals surface area contributed by atoms with Gasteiger partial charge in [-0.1, -0.05) is 24.3 Å². The molecule has 68 heavy (non-hydrogen) atoms. The lowest BCUT2D eigenvalue weighted by atomic mass is 10.2. The first-order valence-electron chi connectivity index (χ1n) is 19.0. The second-order valence-corrected chi connectivity index (χ2v) is 12.7. The molecule has 0 aliphatic carbocycles. The van der Waals surface area contributed by atoms with Gasteiger partial charge in [-0.2, -0.15) is 0 Å². The van der Waals surface area contributed by atoms with Gasteiger partial charge in [0, 0.05) is 11.6 Å². The molecule has 0 spiro atoms. The average molecular weight is 947 g/mol. The number of phenols is 7. The molecule has 11 N–H and O–H groups in total. The normalized spacial score (nSPS) is 9.56. The van der Waals surface area contributed by atoms with Crippen molar-refractivity contribution < 1.29 is 99.0 Å². The molecule has 362 valence electrons. The number of rotatable bonds is 11. The van der Waals surface area contributed by atoms with Crippen molar-refractivity contribution in [3.63, 3.8) is 0 Å². The van der Waals surface area contributed by atoms with Gasteiger partial charge in [0.1, 0.15) is 6.29 Å². The second-order valence-electron chi connectivity index (χ2n) is 12.7. The third kappa shape index (κ3) is 20.0. The number of carbonyl (C=O) groups is 4. The van der Waals surface area contributed by atoms with Crippen LogP contribution in [0.1, 0.15) is 42.2 Å². The maximum atomic E-state index is 10.4. The van der Waals surface area contributed by atoms with Crippen molar-refractivity contribution in [1.82, 2.24) is 0 Å². The molecular weight excluding hydrogens is 897 g/mol. The fraction of sp³-hybridized carbons (Fsp3) is 0.125. The van der Waals surface area contributed by atoms with Gasteiger partial charge in [0.2, 0.25) is 0 Å². The number of carboxylic acids is 3. The van der Waals surface area contributed by atoms with E-state index in [1.165, 1.54) is 96.2 Å². The van der Waals surface area contributed by atoms with Gasteiger partial charge in [-0.05, 0) is 108 Å². The van der Waals surface area contributed by atoms with Gasteiger partial charge in [-0.25, -0.2) is 14.4 Å². The summed E-state index contributed by atoms with van der Waals surface area (Å²) in [4.78, 5) is 41.2. The molecular formula is C48H50O20. The Labute approximate surface area is 388 Å². The van der Waals surface area contributed by atoms with E-state index in [-0.39, 0.29) is 58.0 Å². The van der Waals surface area contributed by atoms with E-state index in [0.717, 1.165) is 23.8 Å². The van der Waals surface area contributed by atoms with Crippen LogP contribution in [0.25, 0.3) is 6.08 Å². The van der Waals surface area contributed by atoms with Crippen molar-refractivity contribution >= 4 is 30.3 Å². The first kappa shape index (κ1) is 56.7. The van der Waals surface area contributed by atoms with Crippen LogP contribution in [0.5, 0.6) is 69.0 Å². The molecule has 0 atom stereocenters. The standard InChI is InChI=1S/C10H10O4.C8H8O4.C8H10O3.C8H8O3.C7H6O4.C7H8O2/c1-14-9-6-7(2-4-8(9)11)3-5-10(12)13;1-12-7-4-5(8(10)11)2-3-6(7)9;2*1-11-8-4-6(5-9)2-3-7(8)10;8-5-2-1-4(7(10)11)3-6(5)9;1-9-7-5-3-2-4-6(7)8/h2-6,11H,1H3,(H,12,13);2-4,9H,1H3,(H,10,11);2-4,9-10H,5H2,1H3;2-5,10H,1H3;1-3,8-9H,(H,10,11);2-5,8H,1H3/b5-3+;;;;;. The lowest BCUT2D eigenvalue weighted by molar-refractivity contribution is -0.131. The summed E-state index contributed by atoms with van der Waals surface area (Å²) in [5.41, 5.74) is 1.89. The fourth-order valence-electron chi connectivity index (χ4n) is 4.65. The lowest BCUT2D eigenvalue weighted by Gasteiger charge is -2.03. The largest absolute Gasteiger partial charge is 0.504 e. The van der Waals surface area contributed by atoms with Gasteiger partial charge in [0.05, 0.1) is 53.3 Å². The van der Waals surface area contributed by atoms with E-state index in [2.05, 4.69) is 0 Å². The highest BCUT2D eigenvalue weighted by atomic mass is 16.5. The van der Waals surface area contributed by atoms with Crippen molar-refractivity contribution in [2.24, 2.45) is 0 Å². The summed E-state index contributed by atoms with van der Waals surface area (Å²) in [6, 6.07) is 27.7. The number of para-hydroxylation sites is 2. The Bertz CT molecular complexity index is 2590. The van der Waals surface area contributed by atoms with Crippen LogP contribution in [0.15, 0.2) is 121 Å². The van der Waals surface area contributed by atoms with Crippen LogP contribution in [0, 0.1) is 0 Å². The van der Waals surface area contributed by atoms with Crippen molar-refractivity contribution in [2.75, 3.05) is 35.5 Å². The molecule has 0 aliphatic heterocycles. The number of carboxylic acid groups (broad SMARTS) is 3. The van der Waals surface area contributed by atoms with E-state index < -0.39 is 23.7 Å². The van der Waals surface area contributed by atoms with Gasteiger partial charge in [-0.15, -0.1) is 0 Å². The topological polar surface area (TPSA) is 337 Å². The molecule has 0 saturated carbocycles. The van der Waals surface area contributed by atoms with Gasteiger partial charge in [-0.3, -0.25) is 4.79 Å². The Morgan fingerprint density at radius 2 is 0.838 bits per heavy atom. The molecule has 0 bridgehead atoms. The Morgan fingerprint density at radius 3 is 1.26 bits per heavy atom. The van der Waals surface area contributed by atoms with Gasteiger partial charge in [0.25, 0.3) is 0 Å². The Morgan fingerprint density at radius 1 is 0.441 bits per heavy atom. The number of aromatic carboxylic acids is 2. The monoisotopic (exact) mass is 946 g/mol. The molecule has 0 aliphatic rings. The number of hydrogen-bond acceptors (Lipinski definition) is 17. The van der Waals surface area contributed by atoms with Crippen molar-refractivity contribution in [3.8, 4) is 69.0 Å². The number of aliphatic hydroxyl groups excluding tert-OH is 1. The summed E-state index contributed by atoms with van der Waals surface area (Å²) in [6.45, 7) is -0.0450. The van der Waals surface area contributed by atoms with Gasteiger partial charge in [0.15, 0.2) is 69.0 Å². The summed E-state index contributed by atoms with van der Waals surface area (Å²) in [5.74, 6) is -1.99. The van der Waals surface area contributed by atoms with E-state index in [1.807, 2.05) is 0 Å². The van der Waals surface area contributed by atoms with E-state index in [9.17, 15) is 24.3 Å². The number of benzene rings is 6. The molecule has 6 aromatic rings. The van der Waals surface area contributed by atoms with Crippen LogP contribution in [-0.2, 0) is 11.4 Å². The molecule has 0 amide bonds. The first-order valence-corrected chi connectivity index (χ1v) is 19.0. The maximum absolute atomic E-state index is 10.4. The number of aliphatic carboxylic acids is 1. The highest BCUT2D eigenvalue weighted by molar-refractivity contribution is 5.89.